The van der Waals surface area contributed by atoms with Crippen molar-refractivity contribution in [1.82, 2.24) is 0 Å². The minimum Gasteiger partial charge on any atom is -0.0805 e. The van der Waals surface area contributed by atoms with Gasteiger partial charge < -0.3 is 0 Å². The first-order chi connectivity index (χ1) is 7.42. The molecule has 15 heavy (non-hydrogen) atoms. The lowest BCUT2D eigenvalue weighted by Crippen LogP contribution is -2.06. The van der Waals surface area contributed by atoms with Crippen molar-refractivity contribution in [2.75, 3.05) is 0 Å². The third kappa shape index (κ3) is 1.86. The lowest BCUT2D eigenvalue weighted by Gasteiger charge is -2.17. The standard InChI is InChI=1S/C15H18/c1-2-4-12(5-3-1)6-8-14-10-13-7-9-15(14)11-13/h1-6,8,13-15H,7,9-11H2/b8-6+/t13-,14-,15-/m0/s1. The van der Waals surface area contributed by atoms with Gasteiger partial charge in [0.15, 0.2) is 0 Å². The van der Waals surface area contributed by atoms with Crippen molar-refractivity contribution in [2.24, 2.45) is 17.8 Å². The topological polar surface area (TPSA) is 0 Å². The molecule has 2 aliphatic carbocycles. The summed E-state index contributed by atoms with van der Waals surface area (Å²) in [6.45, 7) is 0. The molecule has 1 aromatic rings. The van der Waals surface area contributed by atoms with Gasteiger partial charge in [-0.15, -0.1) is 0 Å². The molecule has 0 radical (unpaired) electrons. The molecule has 3 rings (SSSR count). The van der Waals surface area contributed by atoms with Gasteiger partial charge in [0.25, 0.3) is 0 Å². The van der Waals surface area contributed by atoms with E-state index >= 15 is 0 Å². The van der Waals surface area contributed by atoms with Gasteiger partial charge in [0.2, 0.25) is 0 Å². The molecule has 0 spiro atoms. The van der Waals surface area contributed by atoms with Gasteiger partial charge >= 0.3 is 0 Å². The second-order valence-corrected chi connectivity index (χ2v) is 5.11. The van der Waals surface area contributed by atoms with E-state index < -0.39 is 0 Å². The quantitative estimate of drug-likeness (QED) is 0.670. The van der Waals surface area contributed by atoms with Gasteiger partial charge in [0, 0.05) is 0 Å². The predicted molar refractivity (Wildman–Crippen MR) is 64.4 cm³/mol. The Balaban J connectivity index is 1.68. The van der Waals surface area contributed by atoms with Crippen molar-refractivity contribution in [2.45, 2.75) is 25.7 Å². The summed E-state index contributed by atoms with van der Waals surface area (Å²) in [5, 5.41) is 0. The van der Waals surface area contributed by atoms with E-state index in [-0.39, 0.29) is 0 Å². The molecule has 78 valence electrons. The Labute approximate surface area is 92.0 Å². The smallest absolute Gasteiger partial charge is 0.0199 e. The molecule has 0 heterocycles. The third-order valence-corrected chi connectivity index (χ3v) is 4.13. The Morgan fingerprint density at radius 2 is 1.87 bits per heavy atom. The van der Waals surface area contributed by atoms with Gasteiger partial charge in [-0.3, -0.25) is 0 Å². The molecule has 0 amide bonds. The molecule has 2 saturated carbocycles. The third-order valence-electron chi connectivity index (χ3n) is 4.13. The van der Waals surface area contributed by atoms with E-state index in [4.69, 9.17) is 0 Å². The fraction of sp³-hybridized carbons (Fsp3) is 0.467. The zero-order valence-corrected chi connectivity index (χ0v) is 9.10. The largest absolute Gasteiger partial charge is 0.0805 e. The SMILES string of the molecule is C(=C\[C@H]1C[C@@H]2CC[C@H]1C2)/c1ccccc1. The number of benzene rings is 1. The summed E-state index contributed by atoms with van der Waals surface area (Å²) in [5.41, 5.74) is 1.35. The molecule has 0 aromatic heterocycles. The van der Waals surface area contributed by atoms with Crippen LogP contribution in [0.2, 0.25) is 0 Å². The van der Waals surface area contributed by atoms with Gasteiger partial charge in [0.05, 0.1) is 0 Å². The van der Waals surface area contributed by atoms with Gasteiger partial charge in [-0.1, -0.05) is 48.9 Å². The summed E-state index contributed by atoms with van der Waals surface area (Å²) in [4.78, 5) is 0. The van der Waals surface area contributed by atoms with Gasteiger partial charge in [-0.05, 0) is 42.6 Å². The normalized spacial score (nSPS) is 34.0. The van der Waals surface area contributed by atoms with Crippen LogP contribution in [-0.4, -0.2) is 0 Å². The van der Waals surface area contributed by atoms with Crippen LogP contribution < -0.4 is 0 Å². The highest BCUT2D eigenvalue weighted by Gasteiger charge is 2.37. The Morgan fingerprint density at radius 3 is 2.53 bits per heavy atom. The molecule has 0 saturated heterocycles. The molecule has 2 aliphatic rings. The number of hydrogen-bond donors (Lipinski definition) is 0. The summed E-state index contributed by atoms with van der Waals surface area (Å²) in [6, 6.07) is 10.7. The maximum Gasteiger partial charge on any atom is -0.0199 e. The van der Waals surface area contributed by atoms with Crippen LogP contribution in [0.5, 0.6) is 0 Å². The van der Waals surface area contributed by atoms with Crippen molar-refractivity contribution in [3.8, 4) is 0 Å². The summed E-state index contributed by atoms with van der Waals surface area (Å²) in [5.74, 6) is 2.94. The molecule has 3 atom stereocenters. The monoisotopic (exact) mass is 198 g/mol. The Kier molecular flexibility index (Phi) is 2.36. The van der Waals surface area contributed by atoms with E-state index in [2.05, 4.69) is 42.5 Å². The minimum absolute atomic E-state index is 0.879. The molecule has 0 N–H and O–H groups in total. The first-order valence-corrected chi connectivity index (χ1v) is 6.15. The van der Waals surface area contributed by atoms with Crippen LogP contribution in [0.15, 0.2) is 36.4 Å². The molecular weight excluding hydrogens is 180 g/mol. The number of rotatable bonds is 2. The number of allylic oxidation sites excluding steroid dienone is 1. The zero-order chi connectivity index (χ0) is 10.1. The van der Waals surface area contributed by atoms with Crippen LogP contribution in [0, 0.1) is 17.8 Å². The lowest BCUT2D eigenvalue weighted by atomic mass is 9.88. The molecule has 0 unspecified atom stereocenters. The Morgan fingerprint density at radius 1 is 1.00 bits per heavy atom. The Hall–Kier alpha value is -1.04. The van der Waals surface area contributed by atoms with E-state index in [1.807, 2.05) is 0 Å². The van der Waals surface area contributed by atoms with E-state index in [0.29, 0.717) is 0 Å². The average Bonchev–Trinajstić information content (AvgIpc) is 2.89. The first kappa shape index (κ1) is 9.21. The van der Waals surface area contributed by atoms with E-state index in [1.54, 1.807) is 0 Å². The van der Waals surface area contributed by atoms with Gasteiger partial charge in [0.1, 0.15) is 0 Å². The maximum atomic E-state index is 2.46. The van der Waals surface area contributed by atoms with Crippen LogP contribution in [0.25, 0.3) is 6.08 Å². The van der Waals surface area contributed by atoms with Crippen molar-refractivity contribution in [3.05, 3.63) is 42.0 Å². The maximum absolute atomic E-state index is 2.46. The molecular formula is C15H18. The van der Waals surface area contributed by atoms with E-state index in [9.17, 15) is 0 Å². The second-order valence-electron chi connectivity index (χ2n) is 5.11. The van der Waals surface area contributed by atoms with E-state index in [1.165, 1.54) is 31.2 Å². The Bertz CT molecular complexity index is 350. The first-order valence-electron chi connectivity index (χ1n) is 6.15. The highest BCUT2D eigenvalue weighted by Crippen LogP contribution is 2.48. The molecule has 2 fully saturated rings. The van der Waals surface area contributed by atoms with Gasteiger partial charge in [-0.25, -0.2) is 0 Å². The van der Waals surface area contributed by atoms with Crippen LogP contribution in [-0.2, 0) is 0 Å². The lowest BCUT2D eigenvalue weighted by molar-refractivity contribution is 0.396. The van der Waals surface area contributed by atoms with Crippen LogP contribution in [0.1, 0.15) is 31.2 Å². The summed E-state index contributed by atoms with van der Waals surface area (Å²) >= 11 is 0. The fourth-order valence-electron chi connectivity index (χ4n) is 3.33. The molecule has 2 bridgehead atoms. The summed E-state index contributed by atoms with van der Waals surface area (Å²) in [6.07, 6.45) is 10.7. The molecule has 0 heteroatoms. The molecule has 1 aromatic carbocycles. The van der Waals surface area contributed by atoms with Crippen molar-refractivity contribution >= 4 is 6.08 Å². The van der Waals surface area contributed by atoms with Crippen molar-refractivity contribution in [3.63, 3.8) is 0 Å². The number of fused-ring (bicyclic) bond motifs is 2. The van der Waals surface area contributed by atoms with Crippen LogP contribution in [0.3, 0.4) is 0 Å². The fourth-order valence-corrected chi connectivity index (χ4v) is 3.33. The number of hydrogen-bond acceptors (Lipinski definition) is 0. The summed E-state index contributed by atoms with van der Waals surface area (Å²) in [7, 11) is 0. The van der Waals surface area contributed by atoms with E-state index in [0.717, 1.165) is 17.8 Å². The molecule has 0 aliphatic heterocycles. The van der Waals surface area contributed by atoms with Crippen molar-refractivity contribution in [1.29, 1.82) is 0 Å². The highest BCUT2D eigenvalue weighted by atomic mass is 14.4. The van der Waals surface area contributed by atoms with Gasteiger partial charge in [-0.2, -0.15) is 0 Å². The van der Waals surface area contributed by atoms with Crippen LogP contribution >= 0.6 is 0 Å². The zero-order valence-electron chi connectivity index (χ0n) is 9.10. The second kappa shape index (κ2) is 3.84. The predicted octanol–water partition coefficient (Wildman–Crippen LogP) is 4.14. The van der Waals surface area contributed by atoms with Crippen molar-refractivity contribution < 1.29 is 0 Å². The van der Waals surface area contributed by atoms with Crippen LogP contribution in [0.4, 0.5) is 0 Å². The molecule has 0 nitrogen and oxygen atoms in total. The highest BCUT2D eigenvalue weighted by molar-refractivity contribution is 5.49. The minimum atomic E-state index is 0.879. The average molecular weight is 198 g/mol. The summed E-state index contributed by atoms with van der Waals surface area (Å²) < 4.78 is 0.